The molecule has 1 unspecified atom stereocenters. The number of nitrogens with one attached hydrogen (secondary N) is 1. The van der Waals surface area contributed by atoms with Crippen LogP contribution in [0, 0.1) is 0 Å². The Morgan fingerprint density at radius 3 is 2.00 bits per heavy atom. The van der Waals surface area contributed by atoms with Crippen LogP contribution in [0.15, 0.2) is 42.5 Å². The molecule has 2 aliphatic rings. The highest BCUT2D eigenvalue weighted by atomic mass is 35.5. The monoisotopic (exact) mass is 621 g/mol. The second kappa shape index (κ2) is 12.3. The van der Waals surface area contributed by atoms with Crippen LogP contribution in [0.25, 0.3) is 0 Å². The third-order valence-electron chi connectivity index (χ3n) is 7.67. The van der Waals surface area contributed by atoms with Crippen molar-refractivity contribution in [2.75, 3.05) is 38.1 Å². The van der Waals surface area contributed by atoms with Gasteiger partial charge in [-0.2, -0.15) is 26.3 Å². The summed E-state index contributed by atoms with van der Waals surface area (Å²) in [4.78, 5) is 27.8. The second-order valence-electron chi connectivity index (χ2n) is 10.3. The van der Waals surface area contributed by atoms with Crippen LogP contribution in [0.1, 0.15) is 47.2 Å². The molecule has 4 rings (SSSR count). The summed E-state index contributed by atoms with van der Waals surface area (Å²) in [5, 5.41) is 13.5. The van der Waals surface area contributed by atoms with Crippen molar-refractivity contribution in [1.82, 2.24) is 10.2 Å². The number of hydrogen-bond acceptors (Lipinski definition) is 5. The van der Waals surface area contributed by atoms with Gasteiger partial charge in [0.2, 0.25) is 0 Å². The van der Waals surface area contributed by atoms with Crippen molar-refractivity contribution >= 4 is 29.1 Å². The van der Waals surface area contributed by atoms with Gasteiger partial charge in [-0.1, -0.05) is 23.7 Å². The predicted octanol–water partition coefficient (Wildman–Crippen LogP) is 5.14. The number of rotatable bonds is 6. The molecule has 7 nitrogen and oxygen atoms in total. The molecule has 2 fully saturated rings. The maximum Gasteiger partial charge on any atom is 0.430 e. The number of likely N-dealkylation sites (tertiary alicyclic amines) is 1. The third kappa shape index (κ3) is 6.63. The lowest BCUT2D eigenvalue weighted by Gasteiger charge is -2.40. The number of anilines is 1. The van der Waals surface area contributed by atoms with E-state index in [0.717, 1.165) is 16.7 Å². The minimum Gasteiger partial charge on any atom is -0.375 e. The van der Waals surface area contributed by atoms with Gasteiger partial charge in [-0.05, 0) is 56.0 Å². The Hall–Kier alpha value is -3.03. The Morgan fingerprint density at radius 2 is 1.48 bits per heavy atom. The van der Waals surface area contributed by atoms with Crippen molar-refractivity contribution in [3.63, 3.8) is 0 Å². The Kier molecular flexibility index (Phi) is 9.34. The zero-order valence-electron chi connectivity index (χ0n) is 22.6. The van der Waals surface area contributed by atoms with Gasteiger partial charge in [0.25, 0.3) is 17.4 Å². The molecule has 2 heterocycles. The lowest BCUT2D eigenvalue weighted by atomic mass is 9.89. The number of halogens is 7. The average molecular weight is 622 g/mol. The average Bonchev–Trinajstić information content (AvgIpc) is 2.95. The summed E-state index contributed by atoms with van der Waals surface area (Å²) in [5.41, 5.74) is -5.50. The molecule has 2 aromatic carbocycles. The van der Waals surface area contributed by atoms with E-state index >= 15 is 0 Å². The highest BCUT2D eigenvalue weighted by Crippen LogP contribution is 2.43. The molecule has 2 aliphatic heterocycles. The summed E-state index contributed by atoms with van der Waals surface area (Å²) >= 11 is 6.26. The van der Waals surface area contributed by atoms with E-state index in [4.69, 9.17) is 16.3 Å². The van der Waals surface area contributed by atoms with Crippen LogP contribution in [-0.4, -0.2) is 73.4 Å². The SMILES string of the molecule is CNC(=O)c1ccc(N2CCC(OC3CCN(C(=O)C(O)(c4cccc(C(F)(F)F)c4)C(F)(F)F)CC3)CC2)cc1Cl. The highest BCUT2D eigenvalue weighted by molar-refractivity contribution is 6.34. The molecule has 0 aromatic heterocycles. The van der Waals surface area contributed by atoms with Gasteiger partial charge in [-0.25, -0.2) is 0 Å². The second-order valence-corrected chi connectivity index (χ2v) is 10.8. The van der Waals surface area contributed by atoms with E-state index in [-0.39, 0.29) is 50.1 Å². The van der Waals surface area contributed by atoms with Crippen LogP contribution >= 0.6 is 11.6 Å². The fourth-order valence-electron chi connectivity index (χ4n) is 5.29. The molecule has 2 aromatic rings. The van der Waals surface area contributed by atoms with E-state index in [9.17, 15) is 41.0 Å². The van der Waals surface area contributed by atoms with E-state index in [1.165, 1.54) is 7.05 Å². The Morgan fingerprint density at radius 1 is 0.905 bits per heavy atom. The molecule has 1 atom stereocenters. The van der Waals surface area contributed by atoms with Crippen LogP contribution in [-0.2, 0) is 21.3 Å². The number of aliphatic hydroxyl groups is 1. The quantitative estimate of drug-likeness (QED) is 0.437. The van der Waals surface area contributed by atoms with Crippen molar-refractivity contribution in [2.45, 2.75) is 55.8 Å². The Labute approximate surface area is 243 Å². The largest absolute Gasteiger partial charge is 0.430 e. The first-order valence-corrected chi connectivity index (χ1v) is 13.7. The molecule has 230 valence electrons. The van der Waals surface area contributed by atoms with Gasteiger partial charge in [-0.3, -0.25) is 9.59 Å². The third-order valence-corrected chi connectivity index (χ3v) is 7.99. The first-order valence-electron chi connectivity index (χ1n) is 13.3. The standard InChI is InChI=1S/C28H30ClF6N3O4/c1-36-24(39)22-6-5-19(16-23(22)29)37-11-7-20(8-12-37)42-21-9-13-38(14-10-21)25(40)26(41,28(33,34)35)17-3-2-4-18(15-17)27(30,31)32/h2-6,15-16,20-21,41H,7-14H2,1H3,(H,36,39). The minimum atomic E-state index is -5.55. The smallest absolute Gasteiger partial charge is 0.375 e. The molecular weight excluding hydrogens is 592 g/mol. The van der Waals surface area contributed by atoms with Gasteiger partial charge < -0.3 is 25.0 Å². The topological polar surface area (TPSA) is 82.1 Å². The van der Waals surface area contributed by atoms with Gasteiger partial charge >= 0.3 is 12.4 Å². The van der Waals surface area contributed by atoms with Crippen molar-refractivity contribution in [1.29, 1.82) is 0 Å². The molecule has 2 N–H and O–H groups in total. The minimum absolute atomic E-state index is 0.119. The van der Waals surface area contributed by atoms with Crippen LogP contribution in [0.5, 0.6) is 0 Å². The fraction of sp³-hybridized carbons (Fsp3) is 0.500. The first-order chi connectivity index (χ1) is 19.6. The summed E-state index contributed by atoms with van der Waals surface area (Å²) in [6.45, 7) is 0.978. The van der Waals surface area contributed by atoms with Crippen LogP contribution in [0.3, 0.4) is 0 Å². The van der Waals surface area contributed by atoms with E-state index < -0.39 is 35.0 Å². The lowest BCUT2D eigenvalue weighted by Crippen LogP contribution is -2.57. The van der Waals surface area contributed by atoms with E-state index in [1.807, 2.05) is 6.07 Å². The molecule has 2 amide bonds. The van der Waals surface area contributed by atoms with Gasteiger partial charge in [-0.15, -0.1) is 0 Å². The molecule has 0 saturated carbocycles. The number of carbonyl (C=O) groups excluding carboxylic acids is 2. The molecular formula is C28H30ClF6N3O4. The molecule has 0 bridgehead atoms. The predicted molar refractivity (Wildman–Crippen MR) is 142 cm³/mol. The van der Waals surface area contributed by atoms with Crippen molar-refractivity contribution in [3.8, 4) is 0 Å². The van der Waals surface area contributed by atoms with E-state index in [1.54, 1.807) is 12.1 Å². The first kappa shape index (κ1) is 31.9. The molecule has 42 heavy (non-hydrogen) atoms. The number of benzene rings is 2. The Balaban J connectivity index is 1.34. The molecule has 0 spiro atoms. The summed E-state index contributed by atoms with van der Waals surface area (Å²) in [7, 11) is 1.52. The van der Waals surface area contributed by atoms with Crippen molar-refractivity contribution < 1.29 is 45.8 Å². The summed E-state index contributed by atoms with van der Waals surface area (Å²) in [6, 6.07) is 7.29. The van der Waals surface area contributed by atoms with E-state index in [0.29, 0.717) is 48.6 Å². The van der Waals surface area contributed by atoms with E-state index in [2.05, 4.69) is 10.2 Å². The number of amides is 2. The fourth-order valence-corrected chi connectivity index (χ4v) is 5.56. The Bertz CT molecular complexity index is 1290. The number of alkyl halides is 6. The van der Waals surface area contributed by atoms with Gasteiger partial charge in [0, 0.05) is 44.5 Å². The summed E-state index contributed by atoms with van der Waals surface area (Å²) in [6.07, 6.45) is -9.22. The zero-order valence-corrected chi connectivity index (χ0v) is 23.3. The molecule has 0 radical (unpaired) electrons. The van der Waals surface area contributed by atoms with Crippen molar-refractivity contribution in [3.05, 3.63) is 64.2 Å². The van der Waals surface area contributed by atoms with Crippen molar-refractivity contribution in [2.24, 2.45) is 0 Å². The number of carbonyl (C=O) groups is 2. The van der Waals surface area contributed by atoms with Gasteiger partial charge in [0.1, 0.15) is 0 Å². The maximum atomic E-state index is 14.0. The number of hydrogen-bond donors (Lipinski definition) is 2. The van der Waals surface area contributed by atoms with Crippen LogP contribution < -0.4 is 10.2 Å². The highest BCUT2D eigenvalue weighted by Gasteiger charge is 2.62. The normalized spacial score (nSPS) is 19.0. The summed E-state index contributed by atoms with van der Waals surface area (Å²) in [5.74, 6) is -2.01. The van der Waals surface area contributed by atoms with Gasteiger partial charge in [0.05, 0.1) is 28.4 Å². The zero-order chi connectivity index (χ0) is 30.9. The number of ether oxygens (including phenoxy) is 1. The maximum absolute atomic E-state index is 14.0. The van der Waals surface area contributed by atoms with Crippen LogP contribution in [0.2, 0.25) is 5.02 Å². The van der Waals surface area contributed by atoms with Gasteiger partial charge in [0.15, 0.2) is 0 Å². The van der Waals surface area contributed by atoms with Crippen LogP contribution in [0.4, 0.5) is 32.0 Å². The molecule has 0 aliphatic carbocycles. The number of nitrogens with zero attached hydrogens (tertiary/aromatic N) is 2. The molecule has 2 saturated heterocycles. The molecule has 14 heteroatoms. The number of piperidine rings is 2. The summed E-state index contributed by atoms with van der Waals surface area (Å²) < 4.78 is 87.6. The lowest BCUT2D eigenvalue weighted by molar-refractivity contribution is -0.262.